The fourth-order valence-corrected chi connectivity index (χ4v) is 2.94. The highest BCUT2D eigenvalue weighted by Crippen LogP contribution is 2.14. The first kappa shape index (κ1) is 16.8. The number of H-pyrrole nitrogens is 1. The summed E-state index contributed by atoms with van der Waals surface area (Å²) < 4.78 is 1.71. The van der Waals surface area contributed by atoms with Crippen molar-refractivity contribution in [3.8, 4) is 0 Å². The van der Waals surface area contributed by atoms with Gasteiger partial charge in [-0.15, -0.1) is 0 Å². The van der Waals surface area contributed by atoms with Crippen molar-refractivity contribution in [3.63, 3.8) is 0 Å². The minimum Gasteiger partial charge on any atom is -0.350 e. The van der Waals surface area contributed by atoms with Gasteiger partial charge in [0.15, 0.2) is 11.4 Å². The molecule has 0 saturated heterocycles. The number of aryl methyl sites for hydroxylation is 2. The van der Waals surface area contributed by atoms with Gasteiger partial charge in [-0.25, -0.2) is 4.98 Å². The molecular weight excluding hydrogens is 320 g/mol. The lowest BCUT2D eigenvalue weighted by molar-refractivity contribution is -0.121. The molecule has 0 fully saturated rings. The molecule has 8 nitrogen and oxygen atoms in total. The zero-order valence-electron chi connectivity index (χ0n) is 14.5. The summed E-state index contributed by atoms with van der Waals surface area (Å²) in [7, 11) is 0. The molecule has 3 aromatic rings. The number of fused-ring (bicyclic) bond motifs is 1. The van der Waals surface area contributed by atoms with E-state index in [-0.39, 0.29) is 18.1 Å². The molecular formula is C17H20N6O2. The van der Waals surface area contributed by atoms with Gasteiger partial charge in [0.2, 0.25) is 5.91 Å². The average molecular weight is 340 g/mol. The van der Waals surface area contributed by atoms with Crippen LogP contribution in [0.1, 0.15) is 40.8 Å². The van der Waals surface area contributed by atoms with Crippen molar-refractivity contribution in [3.05, 3.63) is 41.0 Å². The molecule has 25 heavy (non-hydrogen) atoms. The molecule has 3 heterocycles. The molecule has 2 N–H and O–H groups in total. The number of hydrogen-bond donors (Lipinski definition) is 2. The predicted molar refractivity (Wildman–Crippen MR) is 92.1 cm³/mol. The van der Waals surface area contributed by atoms with Crippen molar-refractivity contribution in [2.24, 2.45) is 0 Å². The zero-order chi connectivity index (χ0) is 18.0. The van der Waals surface area contributed by atoms with Crippen LogP contribution in [-0.4, -0.2) is 36.7 Å². The van der Waals surface area contributed by atoms with Crippen LogP contribution in [0.4, 0.5) is 0 Å². The third-order valence-electron chi connectivity index (χ3n) is 4.16. The Morgan fingerprint density at radius 1 is 1.32 bits per heavy atom. The summed E-state index contributed by atoms with van der Waals surface area (Å²) in [5, 5.41) is 15.1. The highest BCUT2D eigenvalue weighted by molar-refractivity contribution is 5.96. The average Bonchev–Trinajstić information content (AvgIpc) is 3.11. The fourth-order valence-electron chi connectivity index (χ4n) is 2.94. The molecule has 0 radical (unpaired) electrons. The number of nitrogens with one attached hydrogen (secondary N) is 2. The molecule has 3 aromatic heterocycles. The Hall–Kier alpha value is -3.03. The van der Waals surface area contributed by atoms with Gasteiger partial charge in [-0.3, -0.25) is 19.4 Å². The number of pyridine rings is 1. The summed E-state index contributed by atoms with van der Waals surface area (Å²) >= 11 is 0. The number of nitrogens with zero attached hydrogens (tertiary/aromatic N) is 4. The van der Waals surface area contributed by atoms with Crippen LogP contribution in [0.15, 0.2) is 18.3 Å². The smallest absolute Gasteiger partial charge is 0.222 e. The minimum absolute atomic E-state index is 0.00886. The Balaban J connectivity index is 1.59. The van der Waals surface area contributed by atoms with Gasteiger partial charge >= 0.3 is 0 Å². The van der Waals surface area contributed by atoms with E-state index in [4.69, 9.17) is 0 Å². The van der Waals surface area contributed by atoms with E-state index >= 15 is 0 Å². The second kappa shape index (κ2) is 6.84. The Morgan fingerprint density at radius 2 is 2.12 bits per heavy atom. The van der Waals surface area contributed by atoms with Crippen LogP contribution in [0.5, 0.6) is 0 Å². The standard InChI is InChI=1S/C17H20N6O2/c1-10-16(12(3)24)11(2)23(22-10)8-6-15(25)19-9-14-13-5-4-7-18-17(13)21-20-14/h4-5,7H,6,8-9H2,1-3H3,(H,19,25)(H,18,20,21). The molecule has 0 saturated carbocycles. The summed E-state index contributed by atoms with van der Waals surface area (Å²) in [6, 6.07) is 3.74. The number of ketones is 1. The molecule has 1 amide bonds. The van der Waals surface area contributed by atoms with Gasteiger partial charge in [0.25, 0.3) is 0 Å². The van der Waals surface area contributed by atoms with Crippen LogP contribution in [0, 0.1) is 13.8 Å². The van der Waals surface area contributed by atoms with E-state index in [1.807, 2.05) is 19.1 Å². The first-order valence-corrected chi connectivity index (χ1v) is 8.07. The van der Waals surface area contributed by atoms with E-state index in [0.29, 0.717) is 30.0 Å². The third kappa shape index (κ3) is 3.42. The SMILES string of the molecule is CC(=O)c1c(C)nn(CCC(=O)NCc2[nH]nc3ncccc23)c1C. The molecule has 8 heteroatoms. The quantitative estimate of drug-likeness (QED) is 0.664. The van der Waals surface area contributed by atoms with Crippen LogP contribution < -0.4 is 5.32 Å². The monoisotopic (exact) mass is 340 g/mol. The van der Waals surface area contributed by atoms with E-state index in [1.54, 1.807) is 17.8 Å². The lowest BCUT2D eigenvalue weighted by atomic mass is 10.1. The van der Waals surface area contributed by atoms with Crippen LogP contribution in [-0.2, 0) is 17.9 Å². The minimum atomic E-state index is -0.0939. The van der Waals surface area contributed by atoms with Gasteiger partial charge < -0.3 is 5.32 Å². The van der Waals surface area contributed by atoms with Crippen molar-refractivity contribution in [1.29, 1.82) is 0 Å². The summed E-state index contributed by atoms with van der Waals surface area (Å²) in [4.78, 5) is 27.9. The molecule has 0 bridgehead atoms. The van der Waals surface area contributed by atoms with Crippen LogP contribution in [0.25, 0.3) is 11.0 Å². The maximum absolute atomic E-state index is 12.1. The Morgan fingerprint density at radius 3 is 2.84 bits per heavy atom. The molecule has 0 atom stereocenters. The van der Waals surface area contributed by atoms with Crippen molar-refractivity contribution < 1.29 is 9.59 Å². The van der Waals surface area contributed by atoms with E-state index in [0.717, 1.165) is 16.8 Å². The number of aromatic nitrogens is 5. The Kier molecular flexibility index (Phi) is 4.60. The zero-order valence-corrected chi connectivity index (χ0v) is 14.5. The van der Waals surface area contributed by atoms with Gasteiger partial charge in [0.05, 0.1) is 23.5 Å². The summed E-state index contributed by atoms with van der Waals surface area (Å²) in [5.74, 6) is -0.103. The second-order valence-electron chi connectivity index (χ2n) is 5.93. The van der Waals surface area contributed by atoms with Crippen molar-refractivity contribution >= 4 is 22.7 Å². The molecule has 3 rings (SSSR count). The van der Waals surface area contributed by atoms with Crippen molar-refractivity contribution in [1.82, 2.24) is 30.3 Å². The van der Waals surface area contributed by atoms with Crippen LogP contribution >= 0.6 is 0 Å². The van der Waals surface area contributed by atoms with Gasteiger partial charge in [-0.05, 0) is 32.9 Å². The molecule has 130 valence electrons. The van der Waals surface area contributed by atoms with Gasteiger partial charge in [0.1, 0.15) is 0 Å². The highest BCUT2D eigenvalue weighted by atomic mass is 16.1. The molecule has 0 aliphatic rings. The van der Waals surface area contributed by atoms with Gasteiger partial charge in [-0.1, -0.05) is 0 Å². The van der Waals surface area contributed by atoms with E-state index in [2.05, 4.69) is 25.6 Å². The number of aromatic amines is 1. The maximum Gasteiger partial charge on any atom is 0.222 e. The molecule has 0 unspecified atom stereocenters. The van der Waals surface area contributed by atoms with Gasteiger partial charge in [-0.2, -0.15) is 10.2 Å². The van der Waals surface area contributed by atoms with Crippen molar-refractivity contribution in [2.45, 2.75) is 40.3 Å². The topological polar surface area (TPSA) is 106 Å². The largest absolute Gasteiger partial charge is 0.350 e. The summed E-state index contributed by atoms with van der Waals surface area (Å²) in [5.41, 5.74) is 3.58. The van der Waals surface area contributed by atoms with E-state index in [1.165, 1.54) is 6.92 Å². The Labute approximate surface area is 144 Å². The third-order valence-corrected chi connectivity index (χ3v) is 4.16. The molecule has 0 aliphatic heterocycles. The molecule has 0 aliphatic carbocycles. The summed E-state index contributed by atoms with van der Waals surface area (Å²) in [6.07, 6.45) is 1.96. The van der Waals surface area contributed by atoms with Gasteiger partial charge in [0, 0.05) is 30.2 Å². The number of carbonyl (C=O) groups is 2. The van der Waals surface area contributed by atoms with Crippen molar-refractivity contribution in [2.75, 3.05) is 0 Å². The Bertz CT molecular complexity index is 940. The number of hydrogen-bond acceptors (Lipinski definition) is 5. The lowest BCUT2D eigenvalue weighted by Crippen LogP contribution is -2.24. The number of amides is 1. The first-order chi connectivity index (χ1) is 12.0. The predicted octanol–water partition coefficient (Wildman–Crippen LogP) is 1.68. The number of Topliss-reactive ketones (excluding diaryl/α,β-unsaturated/α-hetero) is 1. The van der Waals surface area contributed by atoms with Crippen LogP contribution in [0.3, 0.4) is 0 Å². The molecule has 0 spiro atoms. The maximum atomic E-state index is 12.1. The van der Waals surface area contributed by atoms with E-state index < -0.39 is 0 Å². The second-order valence-corrected chi connectivity index (χ2v) is 5.93. The fraction of sp³-hybridized carbons (Fsp3) is 0.353. The first-order valence-electron chi connectivity index (χ1n) is 8.07. The van der Waals surface area contributed by atoms with Crippen LogP contribution in [0.2, 0.25) is 0 Å². The number of carbonyl (C=O) groups excluding carboxylic acids is 2. The highest BCUT2D eigenvalue weighted by Gasteiger charge is 2.15. The normalized spacial score (nSPS) is 11.0. The summed E-state index contributed by atoms with van der Waals surface area (Å²) in [6.45, 7) is 5.96. The lowest BCUT2D eigenvalue weighted by Gasteiger charge is -2.06. The molecule has 0 aromatic carbocycles. The number of rotatable bonds is 6. The van der Waals surface area contributed by atoms with E-state index in [9.17, 15) is 9.59 Å².